The molecule has 0 amide bonds. The quantitative estimate of drug-likeness (QED) is 0.927. The third-order valence-electron chi connectivity index (χ3n) is 2.28. The molecule has 0 bridgehead atoms. The smallest absolute Gasteiger partial charge is 0.336 e. The van der Waals surface area contributed by atoms with Crippen LogP contribution in [0.4, 0.5) is 0 Å². The van der Waals surface area contributed by atoms with E-state index in [1.165, 1.54) is 11.8 Å². The Balaban J connectivity index is 2.34. The van der Waals surface area contributed by atoms with Gasteiger partial charge in [0.15, 0.2) is 0 Å². The first-order valence-electron chi connectivity index (χ1n) is 5.19. The Hall–Kier alpha value is -1.33. The number of aromatic nitrogens is 1. The molecule has 0 aliphatic rings. The third-order valence-corrected chi connectivity index (χ3v) is 3.78. The van der Waals surface area contributed by atoms with Crippen LogP contribution in [0.1, 0.15) is 15.9 Å². The van der Waals surface area contributed by atoms with Crippen LogP contribution in [0, 0.1) is 6.92 Å². The molecule has 92 valence electrons. The van der Waals surface area contributed by atoms with Crippen LogP contribution in [0.5, 0.6) is 0 Å². The van der Waals surface area contributed by atoms with Gasteiger partial charge in [-0.15, -0.1) is 0 Å². The van der Waals surface area contributed by atoms with E-state index in [4.69, 9.17) is 0 Å². The van der Waals surface area contributed by atoms with Crippen molar-refractivity contribution in [2.24, 2.45) is 0 Å². The van der Waals surface area contributed by atoms with E-state index < -0.39 is 5.97 Å². The minimum Gasteiger partial charge on any atom is -0.478 e. The molecule has 18 heavy (non-hydrogen) atoms. The second-order valence-corrected chi connectivity index (χ2v) is 5.70. The fourth-order valence-electron chi connectivity index (χ4n) is 1.44. The number of carbonyl (C=O) groups is 1. The predicted molar refractivity (Wildman–Crippen MR) is 74.2 cm³/mol. The minimum atomic E-state index is -0.918. The molecule has 0 unspecified atom stereocenters. The summed E-state index contributed by atoms with van der Waals surface area (Å²) >= 11 is 4.66. The third kappa shape index (κ3) is 3.11. The summed E-state index contributed by atoms with van der Waals surface area (Å²) in [4.78, 5) is 16.1. The lowest BCUT2D eigenvalue weighted by Gasteiger charge is -2.06. The Morgan fingerprint density at radius 2 is 2.11 bits per heavy atom. The van der Waals surface area contributed by atoms with Gasteiger partial charge in [0.05, 0.1) is 5.56 Å². The van der Waals surface area contributed by atoms with E-state index in [1.807, 2.05) is 31.2 Å². The van der Waals surface area contributed by atoms with E-state index in [-0.39, 0.29) is 0 Å². The Bertz CT molecular complexity index is 584. The van der Waals surface area contributed by atoms with Crippen molar-refractivity contribution < 1.29 is 9.90 Å². The highest BCUT2D eigenvalue weighted by molar-refractivity contribution is 9.10. The van der Waals surface area contributed by atoms with Crippen LogP contribution >= 0.6 is 27.7 Å². The summed E-state index contributed by atoms with van der Waals surface area (Å²) in [5.74, 6) is -0.918. The highest BCUT2D eigenvalue weighted by Gasteiger charge is 2.11. The molecule has 0 atom stereocenters. The fourth-order valence-corrected chi connectivity index (χ4v) is 2.53. The lowest BCUT2D eigenvalue weighted by molar-refractivity contribution is 0.0693. The number of aryl methyl sites for hydroxylation is 1. The van der Waals surface area contributed by atoms with Gasteiger partial charge in [0, 0.05) is 15.6 Å². The van der Waals surface area contributed by atoms with Crippen molar-refractivity contribution in [3.05, 3.63) is 52.1 Å². The summed E-state index contributed by atoms with van der Waals surface area (Å²) in [6.07, 6.45) is 1.69. The lowest BCUT2D eigenvalue weighted by Crippen LogP contribution is -1.99. The molecule has 0 aliphatic carbocycles. The van der Waals surface area contributed by atoms with Crippen LogP contribution in [0.2, 0.25) is 0 Å². The van der Waals surface area contributed by atoms with Gasteiger partial charge in [0.2, 0.25) is 0 Å². The number of hydrogen-bond acceptors (Lipinski definition) is 3. The van der Waals surface area contributed by atoms with Gasteiger partial charge in [-0.2, -0.15) is 0 Å². The van der Waals surface area contributed by atoms with Gasteiger partial charge in [-0.3, -0.25) is 0 Å². The molecule has 1 aromatic carbocycles. The van der Waals surface area contributed by atoms with E-state index in [9.17, 15) is 9.90 Å². The van der Waals surface area contributed by atoms with Gasteiger partial charge in [-0.05, 0) is 47.1 Å². The van der Waals surface area contributed by atoms with Gasteiger partial charge in [0.25, 0.3) is 0 Å². The van der Waals surface area contributed by atoms with Crippen molar-refractivity contribution in [3.8, 4) is 0 Å². The van der Waals surface area contributed by atoms with Crippen molar-refractivity contribution in [1.29, 1.82) is 0 Å². The Kier molecular flexibility index (Phi) is 4.04. The average molecular weight is 324 g/mol. The number of hydrogen-bond donors (Lipinski definition) is 1. The molecule has 2 aromatic rings. The second kappa shape index (κ2) is 5.54. The minimum absolute atomic E-state index is 0.310. The van der Waals surface area contributed by atoms with Crippen LogP contribution in [0.15, 0.2) is 50.9 Å². The summed E-state index contributed by atoms with van der Waals surface area (Å²) in [6.45, 7) is 1.87. The second-order valence-electron chi connectivity index (χ2n) is 3.72. The molecular formula is C13H10BrNO2S. The molecule has 2 rings (SSSR count). The van der Waals surface area contributed by atoms with E-state index in [2.05, 4.69) is 20.9 Å². The van der Waals surface area contributed by atoms with Crippen molar-refractivity contribution >= 4 is 33.7 Å². The first-order valence-corrected chi connectivity index (χ1v) is 6.80. The summed E-state index contributed by atoms with van der Waals surface area (Å²) in [5.41, 5.74) is 1.24. The predicted octanol–water partition coefficient (Wildman–Crippen LogP) is 4.00. The van der Waals surface area contributed by atoms with Gasteiger partial charge in [-0.1, -0.05) is 23.4 Å². The fraction of sp³-hybridized carbons (Fsp3) is 0.0769. The normalized spacial score (nSPS) is 10.3. The Labute approximate surface area is 117 Å². The Morgan fingerprint density at radius 1 is 1.33 bits per heavy atom. The molecule has 1 aromatic heterocycles. The maximum atomic E-state index is 11.2. The van der Waals surface area contributed by atoms with Crippen LogP contribution in [-0.4, -0.2) is 16.1 Å². The van der Waals surface area contributed by atoms with Gasteiger partial charge < -0.3 is 5.11 Å². The highest BCUT2D eigenvalue weighted by Crippen LogP contribution is 2.30. The van der Waals surface area contributed by atoms with E-state index in [0.717, 1.165) is 15.1 Å². The number of nitrogens with zero attached hydrogens (tertiary/aromatic N) is 1. The van der Waals surface area contributed by atoms with Gasteiger partial charge in [-0.25, -0.2) is 9.78 Å². The number of carboxylic acid groups (broad SMARTS) is 1. The highest BCUT2D eigenvalue weighted by atomic mass is 79.9. The average Bonchev–Trinajstić information content (AvgIpc) is 2.34. The number of aromatic carboxylic acids is 1. The number of benzene rings is 1. The zero-order chi connectivity index (χ0) is 13.1. The zero-order valence-corrected chi connectivity index (χ0v) is 12.0. The van der Waals surface area contributed by atoms with Crippen molar-refractivity contribution in [2.45, 2.75) is 16.8 Å². The lowest BCUT2D eigenvalue weighted by atomic mass is 10.1. The number of pyridine rings is 1. The summed E-state index contributed by atoms with van der Waals surface area (Å²) in [7, 11) is 0. The van der Waals surface area contributed by atoms with Crippen molar-refractivity contribution in [3.63, 3.8) is 0 Å². The van der Waals surface area contributed by atoms with Crippen LogP contribution in [0.3, 0.4) is 0 Å². The van der Waals surface area contributed by atoms with Crippen LogP contribution in [0.25, 0.3) is 0 Å². The molecule has 5 heteroatoms. The maximum Gasteiger partial charge on any atom is 0.336 e. The van der Waals surface area contributed by atoms with Crippen LogP contribution in [-0.2, 0) is 0 Å². The maximum absolute atomic E-state index is 11.2. The molecule has 0 fully saturated rings. The molecule has 0 spiro atoms. The topological polar surface area (TPSA) is 50.2 Å². The van der Waals surface area contributed by atoms with Crippen molar-refractivity contribution in [1.82, 2.24) is 4.98 Å². The molecule has 0 aliphatic heterocycles. The van der Waals surface area contributed by atoms with E-state index in [1.54, 1.807) is 12.3 Å². The number of halogens is 1. The molecular weight excluding hydrogens is 314 g/mol. The monoisotopic (exact) mass is 323 g/mol. The SMILES string of the molecule is Cc1ccc(Sc2ccc(Br)cn2)c(C(=O)O)c1. The van der Waals surface area contributed by atoms with E-state index in [0.29, 0.717) is 10.5 Å². The zero-order valence-electron chi connectivity index (χ0n) is 9.55. The molecule has 0 radical (unpaired) electrons. The summed E-state index contributed by atoms with van der Waals surface area (Å²) in [5, 5.41) is 9.94. The molecule has 1 N–H and O–H groups in total. The molecule has 3 nitrogen and oxygen atoms in total. The largest absolute Gasteiger partial charge is 0.478 e. The first-order chi connectivity index (χ1) is 8.56. The standard InChI is InChI=1S/C13H10BrNO2S/c1-8-2-4-11(10(6-8)13(16)17)18-12-5-3-9(14)7-15-12/h2-7H,1H3,(H,16,17). The van der Waals surface area contributed by atoms with Gasteiger partial charge in [0.1, 0.15) is 5.03 Å². The van der Waals surface area contributed by atoms with Crippen LogP contribution < -0.4 is 0 Å². The van der Waals surface area contributed by atoms with Crippen molar-refractivity contribution in [2.75, 3.05) is 0 Å². The number of carboxylic acids is 1. The molecule has 1 heterocycles. The van der Waals surface area contributed by atoms with Gasteiger partial charge >= 0.3 is 5.97 Å². The Morgan fingerprint density at radius 3 is 2.72 bits per heavy atom. The molecule has 0 saturated heterocycles. The number of rotatable bonds is 3. The molecule has 0 saturated carbocycles. The summed E-state index contributed by atoms with van der Waals surface area (Å²) in [6, 6.07) is 9.11. The van der Waals surface area contributed by atoms with E-state index >= 15 is 0 Å². The summed E-state index contributed by atoms with van der Waals surface area (Å²) < 4.78 is 0.897. The first kappa shape index (κ1) is 13.1.